The van der Waals surface area contributed by atoms with Crippen LogP contribution in [0.15, 0.2) is 67.3 Å². The zero-order valence-corrected chi connectivity index (χ0v) is 24.8. The van der Waals surface area contributed by atoms with Crippen molar-refractivity contribution in [3.05, 3.63) is 78.4 Å². The minimum absolute atomic E-state index is 0.0326. The number of rotatable bonds is 9. The Morgan fingerprint density at radius 3 is 2.42 bits per heavy atom. The Bertz CT molecular complexity index is 1660. The van der Waals surface area contributed by atoms with Crippen LogP contribution in [0, 0.1) is 11.3 Å². The Morgan fingerprint density at radius 1 is 1.00 bits per heavy atom. The predicted molar refractivity (Wildman–Crippen MR) is 166 cm³/mol. The summed E-state index contributed by atoms with van der Waals surface area (Å²) in [6.45, 7) is 0.395. The largest absolute Gasteiger partial charge is 0.366 e. The molecule has 0 aliphatic heterocycles. The molecule has 2 aliphatic carbocycles. The lowest BCUT2D eigenvalue weighted by atomic mass is 9.88. The topological polar surface area (TPSA) is 137 Å². The maximum Gasteiger partial charge on any atom is 0.323 e. The number of hydrogen-bond donors (Lipinski definition) is 3. The Labute approximate surface area is 259 Å². The van der Waals surface area contributed by atoms with E-state index in [2.05, 4.69) is 36.0 Å². The van der Waals surface area contributed by atoms with Crippen molar-refractivity contribution in [3.8, 4) is 17.2 Å². The van der Waals surface area contributed by atoms with Gasteiger partial charge in [0.05, 0.1) is 12.4 Å². The summed E-state index contributed by atoms with van der Waals surface area (Å²) < 4.78 is 28.4. The van der Waals surface area contributed by atoms with Crippen LogP contribution < -0.4 is 20.9 Å². The van der Waals surface area contributed by atoms with Gasteiger partial charge >= 0.3 is 6.03 Å². The van der Waals surface area contributed by atoms with Crippen LogP contribution >= 0.6 is 0 Å². The molecule has 232 valence electrons. The van der Waals surface area contributed by atoms with Gasteiger partial charge in [-0.15, -0.1) is 0 Å². The minimum Gasteiger partial charge on any atom is -0.366 e. The Morgan fingerprint density at radius 2 is 1.78 bits per heavy atom. The summed E-state index contributed by atoms with van der Waals surface area (Å²) in [5.74, 6) is -1.53. The molecule has 0 saturated heterocycles. The average molecular weight is 613 g/mol. The molecule has 11 nitrogen and oxygen atoms in total. The summed E-state index contributed by atoms with van der Waals surface area (Å²) in [5.41, 5.74) is 3.06. The SMILES string of the molecule is Cn1cc(-c2ccc(N(C(=O)NCc3ccccc3)[C@H]3CC[C@H](Nc4ncc(C#N)c(NC5CC(F)(F)C5)n4)CC3)nc2)cn1. The number of nitriles is 1. The second-order valence-corrected chi connectivity index (χ2v) is 11.6. The van der Waals surface area contributed by atoms with E-state index in [4.69, 9.17) is 0 Å². The molecule has 6 rings (SSSR count). The maximum absolute atomic E-state index is 13.6. The van der Waals surface area contributed by atoms with E-state index in [-0.39, 0.29) is 42.3 Å². The average Bonchev–Trinajstić information content (AvgIpc) is 3.47. The molecule has 1 aromatic carbocycles. The van der Waals surface area contributed by atoms with Gasteiger partial charge in [-0.25, -0.2) is 23.5 Å². The zero-order chi connectivity index (χ0) is 31.4. The van der Waals surface area contributed by atoms with Crippen molar-refractivity contribution in [2.45, 2.75) is 69.1 Å². The summed E-state index contributed by atoms with van der Waals surface area (Å²) in [6, 6.07) is 14.9. The number of benzene rings is 1. The molecule has 2 fully saturated rings. The Hall–Kier alpha value is -5.12. The molecule has 2 saturated carbocycles. The number of hydrogen-bond acceptors (Lipinski definition) is 8. The first kappa shape index (κ1) is 29.9. The minimum atomic E-state index is -2.68. The molecule has 2 aliphatic rings. The quantitative estimate of drug-likeness (QED) is 0.226. The highest BCUT2D eigenvalue weighted by Crippen LogP contribution is 2.39. The number of amides is 2. The predicted octanol–water partition coefficient (Wildman–Crippen LogP) is 5.49. The van der Waals surface area contributed by atoms with E-state index >= 15 is 0 Å². The number of nitrogens with one attached hydrogen (secondary N) is 3. The van der Waals surface area contributed by atoms with E-state index in [0.29, 0.717) is 31.2 Å². The van der Waals surface area contributed by atoms with E-state index in [9.17, 15) is 18.8 Å². The highest BCUT2D eigenvalue weighted by molar-refractivity contribution is 5.91. The maximum atomic E-state index is 13.6. The van der Waals surface area contributed by atoms with E-state index in [1.807, 2.05) is 61.8 Å². The zero-order valence-electron chi connectivity index (χ0n) is 24.8. The molecule has 0 radical (unpaired) electrons. The molecule has 3 aromatic heterocycles. The number of anilines is 3. The molecule has 3 N–H and O–H groups in total. The number of carbonyl (C=O) groups is 1. The van der Waals surface area contributed by atoms with Crippen molar-refractivity contribution >= 4 is 23.6 Å². The normalized spacial score (nSPS) is 19.2. The lowest BCUT2D eigenvalue weighted by Gasteiger charge is -2.37. The van der Waals surface area contributed by atoms with Crippen molar-refractivity contribution < 1.29 is 13.6 Å². The van der Waals surface area contributed by atoms with E-state index < -0.39 is 12.0 Å². The Balaban J connectivity index is 1.13. The van der Waals surface area contributed by atoms with Crippen LogP contribution in [0.4, 0.5) is 31.2 Å². The summed E-state index contributed by atoms with van der Waals surface area (Å²) in [5, 5.41) is 23.0. The van der Waals surface area contributed by atoms with Gasteiger partial charge in [0.1, 0.15) is 23.3 Å². The number of urea groups is 1. The summed E-state index contributed by atoms with van der Waals surface area (Å²) >= 11 is 0. The van der Waals surface area contributed by atoms with Gasteiger partial charge in [-0.1, -0.05) is 30.3 Å². The van der Waals surface area contributed by atoms with Gasteiger partial charge in [0, 0.05) is 68.1 Å². The molecule has 0 atom stereocenters. The Kier molecular flexibility index (Phi) is 8.55. The fraction of sp³-hybridized carbons (Fsp3) is 0.375. The summed E-state index contributed by atoms with van der Waals surface area (Å²) in [4.78, 5) is 28.8. The van der Waals surface area contributed by atoms with Crippen molar-refractivity contribution in [2.24, 2.45) is 7.05 Å². The first-order chi connectivity index (χ1) is 21.8. The number of aromatic nitrogens is 5. The number of alkyl halides is 2. The molecule has 45 heavy (non-hydrogen) atoms. The number of carbonyl (C=O) groups excluding carboxylic acids is 1. The van der Waals surface area contributed by atoms with E-state index in [1.54, 1.807) is 22.0 Å². The molecule has 0 bridgehead atoms. The van der Waals surface area contributed by atoms with Crippen LogP contribution in [0.25, 0.3) is 11.1 Å². The fourth-order valence-corrected chi connectivity index (χ4v) is 5.85. The van der Waals surface area contributed by atoms with Crippen molar-refractivity contribution in [2.75, 3.05) is 15.5 Å². The van der Waals surface area contributed by atoms with Crippen LogP contribution in [-0.4, -0.2) is 54.8 Å². The molecule has 2 amide bonds. The lowest BCUT2D eigenvalue weighted by Crippen LogP contribution is -2.49. The first-order valence-electron chi connectivity index (χ1n) is 15.0. The van der Waals surface area contributed by atoms with E-state index in [1.165, 1.54) is 6.20 Å². The molecule has 0 unspecified atom stereocenters. The lowest BCUT2D eigenvalue weighted by molar-refractivity contribution is -0.0794. The molecular weight excluding hydrogens is 578 g/mol. The van der Waals surface area contributed by atoms with Gasteiger partial charge in [-0.2, -0.15) is 15.3 Å². The molecule has 13 heteroatoms. The molecule has 4 aromatic rings. The first-order valence-corrected chi connectivity index (χ1v) is 15.0. The molecular formula is C32H34F2N10O. The van der Waals surface area contributed by atoms with E-state index in [0.717, 1.165) is 29.5 Å². The summed E-state index contributed by atoms with van der Waals surface area (Å²) in [7, 11) is 1.86. The highest BCUT2D eigenvalue weighted by atomic mass is 19.3. The van der Waals surface area contributed by atoms with Gasteiger partial charge < -0.3 is 16.0 Å². The molecule has 0 spiro atoms. The van der Waals surface area contributed by atoms with Crippen molar-refractivity contribution in [1.82, 2.24) is 30.0 Å². The van der Waals surface area contributed by atoms with Crippen LogP contribution in [0.2, 0.25) is 0 Å². The van der Waals surface area contributed by atoms with Crippen LogP contribution in [0.1, 0.15) is 49.7 Å². The van der Waals surface area contributed by atoms with Crippen LogP contribution in [-0.2, 0) is 13.6 Å². The number of nitrogens with zero attached hydrogens (tertiary/aromatic N) is 7. The van der Waals surface area contributed by atoms with Gasteiger partial charge in [-0.05, 0) is 43.4 Å². The second kappa shape index (κ2) is 12.9. The second-order valence-electron chi connectivity index (χ2n) is 11.6. The number of aryl methyl sites for hydroxylation is 1. The summed E-state index contributed by atoms with van der Waals surface area (Å²) in [6.07, 6.45) is 9.17. The smallest absolute Gasteiger partial charge is 0.323 e. The third-order valence-corrected chi connectivity index (χ3v) is 8.27. The van der Waals surface area contributed by atoms with Crippen LogP contribution in [0.5, 0.6) is 0 Å². The van der Waals surface area contributed by atoms with Crippen molar-refractivity contribution in [3.63, 3.8) is 0 Å². The van der Waals surface area contributed by atoms with Crippen LogP contribution in [0.3, 0.4) is 0 Å². The van der Waals surface area contributed by atoms with Gasteiger partial charge in [0.15, 0.2) is 0 Å². The number of halogens is 2. The highest BCUT2D eigenvalue weighted by Gasteiger charge is 2.45. The standard InChI is InChI=1S/C32H34F2N10O/c1-43-20-24(19-39-43)22-7-12-28(36-17-22)44(31(45)38-16-21-5-3-2-4-6-21)27-10-8-25(9-11-27)41-30-37-18-23(15-35)29(42-30)40-26-13-32(33,34)14-26/h2-7,12,17-20,25-27H,8-11,13-14,16H2,1H3,(H,38,45)(H2,37,40,41,42)/t25-,27-. The van der Waals surface area contributed by atoms with Gasteiger partial charge in [0.25, 0.3) is 5.92 Å². The third-order valence-electron chi connectivity index (χ3n) is 8.27. The monoisotopic (exact) mass is 612 g/mol. The van der Waals surface area contributed by atoms with Gasteiger partial charge in [-0.3, -0.25) is 9.58 Å². The fourth-order valence-electron chi connectivity index (χ4n) is 5.85. The number of pyridine rings is 1. The third kappa shape index (κ3) is 7.17. The molecule has 3 heterocycles. The van der Waals surface area contributed by atoms with Gasteiger partial charge in [0.2, 0.25) is 5.95 Å². The van der Waals surface area contributed by atoms with Crippen molar-refractivity contribution in [1.29, 1.82) is 5.26 Å².